The quantitative estimate of drug-likeness (QED) is 0.215. The molecule has 1 aliphatic rings. The van der Waals surface area contributed by atoms with Gasteiger partial charge in [-0.25, -0.2) is 0 Å². The van der Waals surface area contributed by atoms with Crippen LogP contribution in [0, 0.1) is 5.92 Å². The minimum Gasteiger partial charge on any atom is -0.493 e. The van der Waals surface area contributed by atoms with Gasteiger partial charge in [-0.1, -0.05) is 13.0 Å². The molecule has 0 bridgehead atoms. The molecule has 1 atom stereocenters. The van der Waals surface area contributed by atoms with Crippen LogP contribution in [0.3, 0.4) is 0 Å². The van der Waals surface area contributed by atoms with Crippen molar-refractivity contribution in [3.8, 4) is 11.5 Å². The number of guanidine groups is 1. The van der Waals surface area contributed by atoms with Crippen molar-refractivity contribution in [2.45, 2.75) is 39.5 Å². The zero-order valence-corrected chi connectivity index (χ0v) is 20.8. The van der Waals surface area contributed by atoms with Crippen LogP contribution >= 0.6 is 24.0 Å². The molecule has 1 unspecified atom stereocenters. The first-order valence-corrected chi connectivity index (χ1v) is 10.6. The molecule has 166 valence electrons. The number of rotatable bonds is 10. The lowest BCUT2D eigenvalue weighted by molar-refractivity contribution is 0.183. The highest BCUT2D eigenvalue weighted by Gasteiger charge is 2.15. The maximum Gasteiger partial charge on any atom is 0.191 e. The Bertz CT molecular complexity index is 612. The van der Waals surface area contributed by atoms with E-state index in [0.717, 1.165) is 62.4 Å². The lowest BCUT2D eigenvalue weighted by Gasteiger charge is -2.30. The summed E-state index contributed by atoms with van der Waals surface area (Å²) in [5, 5.41) is 6.77. The molecule has 1 heterocycles. The van der Waals surface area contributed by atoms with Crippen LogP contribution in [-0.2, 0) is 6.42 Å². The largest absolute Gasteiger partial charge is 0.493 e. The fourth-order valence-electron chi connectivity index (χ4n) is 3.68. The van der Waals surface area contributed by atoms with Gasteiger partial charge in [-0.15, -0.1) is 24.0 Å². The molecule has 2 rings (SSSR count). The predicted octanol–water partition coefficient (Wildman–Crippen LogP) is 3.54. The lowest BCUT2D eigenvalue weighted by atomic mass is 10.0. The Labute approximate surface area is 193 Å². The number of ether oxygens (including phenoxy) is 2. The van der Waals surface area contributed by atoms with Crippen molar-refractivity contribution in [2.24, 2.45) is 10.9 Å². The lowest BCUT2D eigenvalue weighted by Crippen LogP contribution is -2.38. The van der Waals surface area contributed by atoms with E-state index in [0.29, 0.717) is 0 Å². The van der Waals surface area contributed by atoms with E-state index in [2.05, 4.69) is 35.4 Å². The standard InChI is InChI=1S/C22H38N4O2.HI/c1-5-23-22(24-12-7-15-26-14-6-8-18(2)17-26)25-13-11-19-9-10-20(27-3)21(16-19)28-4;/h9-10,16,18H,5-8,11-15,17H2,1-4H3,(H2,23,24,25);1H. The summed E-state index contributed by atoms with van der Waals surface area (Å²) in [5.41, 5.74) is 1.21. The van der Waals surface area contributed by atoms with Crippen LogP contribution in [0.1, 0.15) is 38.7 Å². The summed E-state index contributed by atoms with van der Waals surface area (Å²) < 4.78 is 10.7. The second-order valence-corrected chi connectivity index (χ2v) is 7.53. The first kappa shape index (κ1) is 25.8. The monoisotopic (exact) mass is 518 g/mol. The molecule has 1 saturated heterocycles. The van der Waals surface area contributed by atoms with Crippen LogP contribution in [0.5, 0.6) is 11.5 Å². The van der Waals surface area contributed by atoms with Crippen molar-refractivity contribution in [3.63, 3.8) is 0 Å². The Morgan fingerprint density at radius 3 is 2.69 bits per heavy atom. The van der Waals surface area contributed by atoms with Crippen molar-refractivity contribution < 1.29 is 9.47 Å². The number of methoxy groups -OCH3 is 2. The van der Waals surface area contributed by atoms with Gasteiger partial charge < -0.3 is 25.0 Å². The van der Waals surface area contributed by atoms with Crippen molar-refractivity contribution in [2.75, 3.05) is 53.5 Å². The normalized spacial score (nSPS) is 17.4. The Balaban J connectivity index is 0.00000420. The Morgan fingerprint density at radius 2 is 2.00 bits per heavy atom. The third-order valence-corrected chi connectivity index (χ3v) is 5.14. The molecule has 0 aliphatic carbocycles. The van der Waals surface area contributed by atoms with Crippen molar-refractivity contribution in [1.82, 2.24) is 15.5 Å². The van der Waals surface area contributed by atoms with E-state index in [9.17, 15) is 0 Å². The molecular formula is C22H39IN4O2. The van der Waals surface area contributed by atoms with Crippen molar-refractivity contribution >= 4 is 29.9 Å². The van der Waals surface area contributed by atoms with Gasteiger partial charge in [0.25, 0.3) is 0 Å². The van der Waals surface area contributed by atoms with Crippen LogP contribution in [0.15, 0.2) is 23.2 Å². The summed E-state index contributed by atoms with van der Waals surface area (Å²) in [5.74, 6) is 3.27. The maximum atomic E-state index is 5.38. The zero-order chi connectivity index (χ0) is 20.2. The fourth-order valence-corrected chi connectivity index (χ4v) is 3.68. The van der Waals surface area contributed by atoms with Crippen LogP contribution in [0.2, 0.25) is 0 Å². The highest BCUT2D eigenvalue weighted by Crippen LogP contribution is 2.27. The van der Waals surface area contributed by atoms with Gasteiger partial charge in [0, 0.05) is 26.2 Å². The second kappa shape index (κ2) is 14.7. The molecule has 0 aromatic heterocycles. The highest BCUT2D eigenvalue weighted by atomic mass is 127. The van der Waals surface area contributed by atoms with E-state index < -0.39 is 0 Å². The number of benzene rings is 1. The molecule has 1 aliphatic heterocycles. The summed E-state index contributed by atoms with van der Waals surface area (Å²) in [4.78, 5) is 7.32. The van der Waals surface area contributed by atoms with Crippen molar-refractivity contribution in [1.29, 1.82) is 0 Å². The predicted molar refractivity (Wildman–Crippen MR) is 132 cm³/mol. The van der Waals surface area contributed by atoms with Crippen LogP contribution < -0.4 is 20.1 Å². The Hall–Kier alpha value is -1.22. The van der Waals surface area contributed by atoms with Crippen LogP contribution in [0.25, 0.3) is 0 Å². The number of likely N-dealkylation sites (tertiary alicyclic amines) is 1. The minimum absolute atomic E-state index is 0. The van der Waals surface area contributed by atoms with Gasteiger partial charge in [-0.05, 0) is 69.3 Å². The minimum atomic E-state index is 0. The topological polar surface area (TPSA) is 58.1 Å². The van der Waals surface area contributed by atoms with Gasteiger partial charge in [0.2, 0.25) is 0 Å². The maximum absolute atomic E-state index is 5.38. The number of piperidine rings is 1. The molecule has 7 heteroatoms. The molecule has 1 aromatic carbocycles. The zero-order valence-electron chi connectivity index (χ0n) is 18.5. The molecular weight excluding hydrogens is 479 g/mol. The Morgan fingerprint density at radius 1 is 1.21 bits per heavy atom. The molecule has 1 fully saturated rings. The molecule has 0 amide bonds. The smallest absolute Gasteiger partial charge is 0.191 e. The molecule has 0 spiro atoms. The first-order chi connectivity index (χ1) is 13.7. The molecule has 2 N–H and O–H groups in total. The van der Waals surface area contributed by atoms with Crippen LogP contribution in [0.4, 0.5) is 0 Å². The summed E-state index contributed by atoms with van der Waals surface area (Å²) in [6.07, 6.45) is 4.73. The molecule has 6 nitrogen and oxygen atoms in total. The van der Waals surface area contributed by atoms with Gasteiger partial charge in [-0.3, -0.25) is 4.99 Å². The number of halogens is 1. The molecule has 1 aromatic rings. The number of aliphatic imine (C=N–C) groups is 1. The average Bonchev–Trinajstić information content (AvgIpc) is 2.71. The van der Waals surface area contributed by atoms with Gasteiger partial charge in [0.05, 0.1) is 14.2 Å². The van der Waals surface area contributed by atoms with Gasteiger partial charge in [-0.2, -0.15) is 0 Å². The average molecular weight is 518 g/mol. The number of hydrogen-bond acceptors (Lipinski definition) is 4. The summed E-state index contributed by atoms with van der Waals surface area (Å²) in [6, 6.07) is 6.06. The highest BCUT2D eigenvalue weighted by molar-refractivity contribution is 14.0. The van der Waals surface area contributed by atoms with Gasteiger partial charge >= 0.3 is 0 Å². The number of hydrogen-bond donors (Lipinski definition) is 2. The summed E-state index contributed by atoms with van der Waals surface area (Å²) in [6.45, 7) is 10.6. The van der Waals surface area contributed by atoms with E-state index in [1.165, 1.54) is 31.5 Å². The SMILES string of the molecule is CCNC(=NCCCN1CCCC(C)C1)NCCc1ccc(OC)c(OC)c1.I. The van der Waals surface area contributed by atoms with Gasteiger partial charge in [0.15, 0.2) is 17.5 Å². The molecule has 0 radical (unpaired) electrons. The van der Waals surface area contributed by atoms with Crippen molar-refractivity contribution in [3.05, 3.63) is 23.8 Å². The third kappa shape index (κ3) is 9.42. The second-order valence-electron chi connectivity index (χ2n) is 7.53. The van der Waals surface area contributed by atoms with E-state index in [4.69, 9.17) is 14.5 Å². The fraction of sp³-hybridized carbons (Fsp3) is 0.682. The summed E-state index contributed by atoms with van der Waals surface area (Å²) in [7, 11) is 3.32. The number of nitrogens with zero attached hydrogens (tertiary/aromatic N) is 2. The first-order valence-electron chi connectivity index (χ1n) is 10.6. The van der Waals surface area contributed by atoms with E-state index in [1.54, 1.807) is 14.2 Å². The molecule has 29 heavy (non-hydrogen) atoms. The Kier molecular flexibility index (Phi) is 13.1. The van der Waals surface area contributed by atoms with Gasteiger partial charge in [0.1, 0.15) is 0 Å². The summed E-state index contributed by atoms with van der Waals surface area (Å²) >= 11 is 0. The third-order valence-electron chi connectivity index (χ3n) is 5.14. The molecule has 0 saturated carbocycles. The van der Waals surface area contributed by atoms with E-state index in [-0.39, 0.29) is 24.0 Å². The number of nitrogens with one attached hydrogen (secondary N) is 2. The van der Waals surface area contributed by atoms with E-state index in [1.807, 2.05) is 12.1 Å². The van der Waals surface area contributed by atoms with E-state index >= 15 is 0 Å². The van der Waals surface area contributed by atoms with Crippen LogP contribution in [-0.4, -0.2) is 64.3 Å².